The van der Waals surface area contributed by atoms with Crippen LogP contribution in [0, 0.1) is 41.4 Å². The first kappa shape index (κ1) is 24.4. The highest BCUT2D eigenvalue weighted by Crippen LogP contribution is 2.66. The van der Waals surface area contributed by atoms with E-state index in [0.29, 0.717) is 0 Å². The molecule has 7 unspecified atom stereocenters. The summed E-state index contributed by atoms with van der Waals surface area (Å²) in [5.41, 5.74) is -0.195. The van der Waals surface area contributed by atoms with Crippen molar-refractivity contribution in [1.29, 1.82) is 0 Å². The van der Waals surface area contributed by atoms with E-state index in [1.165, 1.54) is 6.92 Å². The van der Waals surface area contributed by atoms with Gasteiger partial charge in [0.05, 0.1) is 30.0 Å². The average Bonchev–Trinajstić information content (AvgIpc) is 3.68. The van der Waals surface area contributed by atoms with Crippen LogP contribution in [0.2, 0.25) is 0 Å². The first-order valence-electron chi connectivity index (χ1n) is 12.7. The van der Waals surface area contributed by atoms with Crippen LogP contribution >= 0.6 is 23.2 Å². The lowest BCUT2D eigenvalue weighted by atomic mass is 9.53. The van der Waals surface area contributed by atoms with Crippen LogP contribution in [-0.2, 0) is 33.3 Å². The van der Waals surface area contributed by atoms with E-state index in [-0.39, 0.29) is 65.7 Å². The molecule has 192 valence electrons. The monoisotopic (exact) mass is 526 g/mol. The number of rotatable bonds is 0. The van der Waals surface area contributed by atoms with Crippen molar-refractivity contribution in [2.75, 3.05) is 0 Å². The molecule has 2 aliphatic carbocycles. The van der Waals surface area contributed by atoms with Crippen LogP contribution in [0.1, 0.15) is 41.0 Å². The van der Waals surface area contributed by atoms with E-state index in [0.717, 1.165) is 6.42 Å². The second-order valence-corrected chi connectivity index (χ2v) is 13.1. The van der Waals surface area contributed by atoms with Crippen LogP contribution < -0.4 is 0 Å². The summed E-state index contributed by atoms with van der Waals surface area (Å²) >= 11 is 13.2. The molecule has 6 aliphatic rings. The number of carbonyl (C=O) groups excluding carboxylic acids is 3. The Hall–Kier alpha value is -0.990. The topological polar surface area (TPSA) is 98.0 Å². The van der Waals surface area contributed by atoms with E-state index >= 15 is 0 Å². The Kier molecular flexibility index (Phi) is 5.40. The van der Waals surface area contributed by atoms with E-state index < -0.39 is 39.8 Å². The van der Waals surface area contributed by atoms with Crippen LogP contribution in [0.25, 0.3) is 0 Å². The van der Waals surface area contributed by atoms with Gasteiger partial charge in [-0.3, -0.25) is 14.4 Å². The van der Waals surface area contributed by atoms with E-state index in [4.69, 9.17) is 42.1 Å². The van der Waals surface area contributed by atoms with Gasteiger partial charge in [0.15, 0.2) is 11.6 Å². The molecule has 0 aromatic rings. The summed E-state index contributed by atoms with van der Waals surface area (Å²) in [6.45, 7) is 9.40. The lowest BCUT2D eigenvalue weighted by Crippen LogP contribution is -2.57. The third-order valence-corrected chi connectivity index (χ3v) is 10.3. The minimum atomic E-state index is -2.37. The third kappa shape index (κ3) is 3.59. The Morgan fingerprint density at radius 1 is 0.886 bits per heavy atom. The summed E-state index contributed by atoms with van der Waals surface area (Å²) in [4.78, 5) is 40.3. The maximum atomic E-state index is 14.2. The van der Waals surface area contributed by atoms with Crippen LogP contribution in [0.4, 0.5) is 0 Å². The number of ketones is 2. The number of carbonyl (C=O) groups is 3. The van der Waals surface area contributed by atoms with Crippen molar-refractivity contribution in [3.8, 4) is 0 Å². The predicted molar refractivity (Wildman–Crippen MR) is 126 cm³/mol. The van der Waals surface area contributed by atoms with Gasteiger partial charge >= 0.3 is 5.97 Å². The molecule has 9 heteroatoms. The maximum Gasteiger partial charge on any atom is 0.316 e. The van der Waals surface area contributed by atoms with Gasteiger partial charge in [-0.2, -0.15) is 0 Å². The average molecular weight is 527 g/mol. The summed E-state index contributed by atoms with van der Waals surface area (Å²) < 4.78 is 21.4. The lowest BCUT2D eigenvalue weighted by molar-refractivity contribution is -0.154. The molecule has 7 nitrogen and oxygen atoms in total. The largest absolute Gasteiger partial charge is 0.458 e. The van der Waals surface area contributed by atoms with Gasteiger partial charge in [0.25, 0.3) is 0 Å². The zero-order valence-electron chi connectivity index (χ0n) is 20.5. The zero-order valence-corrected chi connectivity index (χ0v) is 22.0. The summed E-state index contributed by atoms with van der Waals surface area (Å²) in [5.74, 6) is -4.16. The molecular weight excluding hydrogens is 495 g/mol. The van der Waals surface area contributed by atoms with Crippen molar-refractivity contribution in [3.05, 3.63) is 12.2 Å². The van der Waals surface area contributed by atoms with Crippen molar-refractivity contribution < 1.29 is 33.3 Å². The predicted octanol–water partition coefficient (Wildman–Crippen LogP) is 3.28. The van der Waals surface area contributed by atoms with Crippen LogP contribution in [0.3, 0.4) is 0 Å². The van der Waals surface area contributed by atoms with Gasteiger partial charge < -0.3 is 18.9 Å². The number of fused-ring (bicyclic) bond motifs is 8. The zero-order chi connectivity index (χ0) is 25.2. The molecule has 6 rings (SSSR count). The third-order valence-electron chi connectivity index (χ3n) is 9.58. The fourth-order valence-corrected chi connectivity index (χ4v) is 8.25. The van der Waals surface area contributed by atoms with E-state index in [9.17, 15) is 14.4 Å². The molecule has 0 amide bonds. The normalized spacial score (nSPS) is 57.2. The van der Waals surface area contributed by atoms with E-state index in [1.807, 2.05) is 6.08 Å². The van der Waals surface area contributed by atoms with Gasteiger partial charge in [-0.05, 0) is 56.9 Å². The second kappa shape index (κ2) is 7.76. The van der Waals surface area contributed by atoms with Gasteiger partial charge in [0.2, 0.25) is 4.33 Å². The molecule has 2 saturated carbocycles. The maximum absolute atomic E-state index is 14.2. The van der Waals surface area contributed by atoms with Crippen molar-refractivity contribution >= 4 is 40.7 Å². The van der Waals surface area contributed by atoms with Gasteiger partial charge in [-0.1, -0.05) is 43.1 Å². The number of alkyl halides is 2. The van der Waals surface area contributed by atoms with Gasteiger partial charge in [-0.25, -0.2) is 0 Å². The highest BCUT2D eigenvalue weighted by Gasteiger charge is 2.74. The number of esters is 1. The fourth-order valence-electron chi connectivity index (χ4n) is 7.67. The number of epoxide rings is 3. The molecule has 3 saturated heterocycles. The van der Waals surface area contributed by atoms with Crippen LogP contribution in [0.5, 0.6) is 0 Å². The molecular formula is C26H32Cl2O7. The van der Waals surface area contributed by atoms with E-state index in [2.05, 4.69) is 20.8 Å². The number of halogens is 2. The first-order valence-corrected chi connectivity index (χ1v) is 13.5. The summed E-state index contributed by atoms with van der Waals surface area (Å²) in [5, 5.41) is 0. The molecule has 5 fully saturated rings. The number of ether oxygens (including phenoxy) is 4. The Balaban J connectivity index is 1.42. The highest BCUT2D eigenvalue weighted by atomic mass is 35.5. The Labute approximate surface area is 215 Å². The van der Waals surface area contributed by atoms with Crippen molar-refractivity contribution in [2.45, 2.75) is 87.6 Å². The molecule has 4 aliphatic heterocycles. The molecule has 4 heterocycles. The second-order valence-electron chi connectivity index (χ2n) is 11.8. The summed E-state index contributed by atoms with van der Waals surface area (Å²) in [7, 11) is 0. The van der Waals surface area contributed by atoms with Crippen LogP contribution in [0.15, 0.2) is 12.2 Å². The van der Waals surface area contributed by atoms with Gasteiger partial charge in [-0.15, -0.1) is 0 Å². The molecule has 0 aromatic carbocycles. The Morgan fingerprint density at radius 2 is 1.60 bits per heavy atom. The Morgan fingerprint density at radius 3 is 2.31 bits per heavy atom. The van der Waals surface area contributed by atoms with Crippen molar-refractivity contribution in [3.63, 3.8) is 0 Å². The standard InChI is InChI=1S/C26H32Cl2O7/c1-9-6-7-14-18(33-14)10(2)16-17(22(30)26(27,28)21(29)12(4)24(31)32-9)15-11(3)23-25(5,35-23)8-13(15)19-20(16)34-19/h6-7,9-20,23H,8H2,1-5H3/b7-6+/t9-,10-,11?,12-,13+,14?,15?,16-,17?,18?,19?,20?,23-,25+/m0/s1. The molecule has 0 bridgehead atoms. The number of hydrogen-bond donors (Lipinski definition) is 0. The highest BCUT2D eigenvalue weighted by molar-refractivity contribution is 6.68. The number of cyclic esters (lactones) is 1. The van der Waals surface area contributed by atoms with Crippen molar-refractivity contribution in [2.24, 2.45) is 41.4 Å². The fraction of sp³-hybridized carbons (Fsp3) is 0.808. The first-order chi connectivity index (χ1) is 16.4. The molecule has 14 atom stereocenters. The summed E-state index contributed by atoms with van der Waals surface area (Å²) in [6.07, 6.45) is 3.65. The minimum absolute atomic E-state index is 0.0207. The van der Waals surface area contributed by atoms with Gasteiger partial charge in [0.1, 0.15) is 18.1 Å². The number of Topliss-reactive ketones (excluding diaryl/α,β-unsaturated/α-hetero) is 2. The van der Waals surface area contributed by atoms with E-state index in [1.54, 1.807) is 13.0 Å². The summed E-state index contributed by atoms with van der Waals surface area (Å²) in [6, 6.07) is 0. The smallest absolute Gasteiger partial charge is 0.316 e. The Bertz CT molecular complexity index is 1010. The van der Waals surface area contributed by atoms with Crippen molar-refractivity contribution in [1.82, 2.24) is 0 Å². The van der Waals surface area contributed by atoms with Crippen LogP contribution in [-0.4, -0.2) is 64.1 Å². The minimum Gasteiger partial charge on any atom is -0.458 e. The molecule has 35 heavy (non-hydrogen) atoms. The quantitative estimate of drug-likeness (QED) is 0.157. The molecule has 0 N–H and O–H groups in total. The molecule has 0 radical (unpaired) electrons. The SMILES string of the molecule is CC1C2C3C(=O)C(Cl)(Cl)C(=O)[C@H](C)C(=O)O[C@@H](C)/C=C/C4OC4[C@@H](C)[C@@H]3C3OC3[C@@H]2C[C@@]2(C)O[C@@H]12. The lowest BCUT2D eigenvalue weighted by Gasteiger charge is -2.48. The molecule has 0 aromatic heterocycles. The molecule has 0 spiro atoms. The number of hydrogen-bond acceptors (Lipinski definition) is 7. The van der Waals surface area contributed by atoms with Gasteiger partial charge in [0, 0.05) is 11.8 Å².